The van der Waals surface area contributed by atoms with Crippen molar-refractivity contribution in [1.82, 2.24) is 15.1 Å². The van der Waals surface area contributed by atoms with Gasteiger partial charge in [-0.2, -0.15) is 5.10 Å². The summed E-state index contributed by atoms with van der Waals surface area (Å²) in [6.07, 6.45) is 2.03. The van der Waals surface area contributed by atoms with Gasteiger partial charge in [0.15, 0.2) is 0 Å². The van der Waals surface area contributed by atoms with E-state index in [0.29, 0.717) is 6.04 Å². The first kappa shape index (κ1) is 13.3. The van der Waals surface area contributed by atoms with Crippen LogP contribution in [0.5, 0.6) is 0 Å². The molecule has 0 atom stereocenters. The fraction of sp³-hybridized carbons (Fsp3) is 0.357. The van der Waals surface area contributed by atoms with Gasteiger partial charge in [0.25, 0.3) is 0 Å². The number of nitrogens with zero attached hydrogens (tertiary/aromatic N) is 2. The van der Waals surface area contributed by atoms with Crippen molar-refractivity contribution >= 4 is 15.9 Å². The summed E-state index contributed by atoms with van der Waals surface area (Å²) in [5.74, 6) is 0. The summed E-state index contributed by atoms with van der Waals surface area (Å²) in [5, 5.41) is 7.91. The largest absolute Gasteiger partial charge is 0.309 e. The van der Waals surface area contributed by atoms with E-state index in [9.17, 15) is 0 Å². The molecule has 0 saturated carbocycles. The molecule has 0 spiro atoms. The molecule has 1 aromatic carbocycles. The minimum absolute atomic E-state index is 0.488. The summed E-state index contributed by atoms with van der Waals surface area (Å²) in [6.45, 7) is 5.91. The zero-order valence-corrected chi connectivity index (χ0v) is 12.3. The Bertz CT molecular complexity index is 488. The molecule has 1 aromatic heterocycles. The number of benzene rings is 1. The summed E-state index contributed by atoms with van der Waals surface area (Å²) in [4.78, 5) is 0. The molecular formula is C14H18BrN3. The standard InChI is InChI=1S/C14H18BrN3/c1-11(2)16-9-14-7-8-18(17-14)10-12-3-5-13(15)6-4-12/h3-8,11,16H,9-10H2,1-2H3. The molecule has 0 aliphatic carbocycles. The molecule has 0 amide bonds. The van der Waals surface area contributed by atoms with E-state index in [1.54, 1.807) is 0 Å². The number of hydrogen-bond acceptors (Lipinski definition) is 2. The van der Waals surface area contributed by atoms with Crippen LogP contribution in [0.2, 0.25) is 0 Å². The third kappa shape index (κ3) is 3.96. The predicted octanol–water partition coefficient (Wildman–Crippen LogP) is 3.19. The van der Waals surface area contributed by atoms with Gasteiger partial charge < -0.3 is 5.32 Å². The van der Waals surface area contributed by atoms with E-state index in [1.807, 2.05) is 10.9 Å². The molecule has 1 N–H and O–H groups in total. The number of aromatic nitrogens is 2. The first-order chi connectivity index (χ1) is 8.63. The van der Waals surface area contributed by atoms with E-state index in [2.05, 4.69) is 70.5 Å². The first-order valence-corrected chi connectivity index (χ1v) is 6.93. The van der Waals surface area contributed by atoms with Gasteiger partial charge in [-0.3, -0.25) is 4.68 Å². The molecule has 0 radical (unpaired) electrons. The van der Waals surface area contributed by atoms with Crippen LogP contribution in [0, 0.1) is 0 Å². The van der Waals surface area contributed by atoms with Gasteiger partial charge in [-0.1, -0.05) is 41.9 Å². The second-order valence-electron chi connectivity index (χ2n) is 4.67. The van der Waals surface area contributed by atoms with Crippen LogP contribution in [0.3, 0.4) is 0 Å². The van der Waals surface area contributed by atoms with Crippen LogP contribution >= 0.6 is 15.9 Å². The van der Waals surface area contributed by atoms with E-state index in [-0.39, 0.29) is 0 Å². The molecule has 0 aliphatic heterocycles. The Labute approximate surface area is 116 Å². The quantitative estimate of drug-likeness (QED) is 0.919. The van der Waals surface area contributed by atoms with Crippen LogP contribution in [-0.2, 0) is 13.1 Å². The van der Waals surface area contributed by atoms with Crippen molar-refractivity contribution in [3.05, 3.63) is 52.3 Å². The van der Waals surface area contributed by atoms with Gasteiger partial charge in [0.2, 0.25) is 0 Å². The Balaban J connectivity index is 1.95. The molecule has 0 aliphatic rings. The average molecular weight is 308 g/mol. The summed E-state index contributed by atoms with van der Waals surface area (Å²) in [5.41, 5.74) is 2.34. The monoisotopic (exact) mass is 307 g/mol. The normalized spacial score (nSPS) is 11.1. The summed E-state index contributed by atoms with van der Waals surface area (Å²) < 4.78 is 3.08. The average Bonchev–Trinajstić information content (AvgIpc) is 2.77. The van der Waals surface area contributed by atoms with Gasteiger partial charge in [-0.15, -0.1) is 0 Å². The van der Waals surface area contributed by atoms with Crippen LogP contribution in [0.4, 0.5) is 0 Å². The Morgan fingerprint density at radius 2 is 1.94 bits per heavy atom. The Morgan fingerprint density at radius 1 is 1.22 bits per heavy atom. The van der Waals surface area contributed by atoms with Crippen molar-refractivity contribution in [2.45, 2.75) is 33.0 Å². The van der Waals surface area contributed by atoms with Crippen molar-refractivity contribution < 1.29 is 0 Å². The molecule has 96 valence electrons. The maximum atomic E-state index is 4.54. The molecule has 0 saturated heterocycles. The summed E-state index contributed by atoms with van der Waals surface area (Å²) >= 11 is 3.44. The fourth-order valence-electron chi connectivity index (χ4n) is 1.67. The summed E-state index contributed by atoms with van der Waals surface area (Å²) in [7, 11) is 0. The second kappa shape index (κ2) is 6.16. The van der Waals surface area contributed by atoms with E-state index in [1.165, 1.54) is 5.56 Å². The molecule has 4 heteroatoms. The molecule has 0 bridgehead atoms. The SMILES string of the molecule is CC(C)NCc1ccn(Cc2ccc(Br)cc2)n1. The Morgan fingerprint density at radius 3 is 2.61 bits per heavy atom. The summed E-state index contributed by atoms with van der Waals surface area (Å²) in [6, 6.07) is 10.9. The van der Waals surface area contributed by atoms with Gasteiger partial charge >= 0.3 is 0 Å². The third-order valence-electron chi connectivity index (χ3n) is 2.65. The highest BCUT2D eigenvalue weighted by atomic mass is 79.9. The van der Waals surface area contributed by atoms with Crippen LogP contribution in [0.25, 0.3) is 0 Å². The molecule has 18 heavy (non-hydrogen) atoms. The van der Waals surface area contributed by atoms with Crippen molar-refractivity contribution in [2.75, 3.05) is 0 Å². The number of hydrogen-bond donors (Lipinski definition) is 1. The lowest BCUT2D eigenvalue weighted by atomic mass is 10.2. The third-order valence-corrected chi connectivity index (χ3v) is 3.17. The fourth-order valence-corrected chi connectivity index (χ4v) is 1.94. The van der Waals surface area contributed by atoms with Crippen LogP contribution < -0.4 is 5.32 Å². The minimum atomic E-state index is 0.488. The lowest BCUT2D eigenvalue weighted by Gasteiger charge is -2.05. The van der Waals surface area contributed by atoms with Crippen LogP contribution in [0.1, 0.15) is 25.1 Å². The van der Waals surface area contributed by atoms with E-state index in [4.69, 9.17) is 0 Å². The van der Waals surface area contributed by atoms with Gasteiger partial charge in [-0.25, -0.2) is 0 Å². The molecular weight excluding hydrogens is 290 g/mol. The number of rotatable bonds is 5. The zero-order valence-electron chi connectivity index (χ0n) is 10.7. The van der Waals surface area contributed by atoms with Gasteiger partial charge in [0.05, 0.1) is 12.2 Å². The molecule has 1 heterocycles. The van der Waals surface area contributed by atoms with Crippen LogP contribution in [-0.4, -0.2) is 15.8 Å². The highest BCUT2D eigenvalue weighted by molar-refractivity contribution is 9.10. The van der Waals surface area contributed by atoms with Crippen LogP contribution in [0.15, 0.2) is 41.0 Å². The zero-order chi connectivity index (χ0) is 13.0. The number of nitrogens with one attached hydrogen (secondary N) is 1. The van der Waals surface area contributed by atoms with E-state index < -0.39 is 0 Å². The van der Waals surface area contributed by atoms with E-state index in [0.717, 1.165) is 23.3 Å². The molecule has 3 nitrogen and oxygen atoms in total. The molecule has 2 rings (SSSR count). The van der Waals surface area contributed by atoms with Gasteiger partial charge in [-0.05, 0) is 23.8 Å². The minimum Gasteiger partial charge on any atom is -0.309 e. The lowest BCUT2D eigenvalue weighted by molar-refractivity contribution is 0.570. The molecule has 0 unspecified atom stereocenters. The van der Waals surface area contributed by atoms with Gasteiger partial charge in [0, 0.05) is 23.3 Å². The smallest absolute Gasteiger partial charge is 0.0762 e. The second-order valence-corrected chi connectivity index (χ2v) is 5.58. The van der Waals surface area contributed by atoms with Crippen molar-refractivity contribution in [2.24, 2.45) is 0 Å². The highest BCUT2D eigenvalue weighted by Crippen LogP contribution is 2.11. The number of halogens is 1. The van der Waals surface area contributed by atoms with Crippen molar-refractivity contribution in [1.29, 1.82) is 0 Å². The maximum absolute atomic E-state index is 4.54. The molecule has 2 aromatic rings. The highest BCUT2D eigenvalue weighted by Gasteiger charge is 2.01. The predicted molar refractivity (Wildman–Crippen MR) is 77.4 cm³/mol. The maximum Gasteiger partial charge on any atom is 0.0762 e. The topological polar surface area (TPSA) is 29.9 Å². The lowest BCUT2D eigenvalue weighted by Crippen LogP contribution is -2.22. The first-order valence-electron chi connectivity index (χ1n) is 6.13. The Hall–Kier alpha value is -1.13. The van der Waals surface area contributed by atoms with Gasteiger partial charge in [0.1, 0.15) is 0 Å². The molecule has 0 fully saturated rings. The van der Waals surface area contributed by atoms with Crippen molar-refractivity contribution in [3.63, 3.8) is 0 Å². The van der Waals surface area contributed by atoms with E-state index >= 15 is 0 Å². The Kier molecular flexibility index (Phi) is 4.55. The van der Waals surface area contributed by atoms with Crippen molar-refractivity contribution in [3.8, 4) is 0 Å².